The summed E-state index contributed by atoms with van der Waals surface area (Å²) in [7, 11) is -3.10. The highest BCUT2D eigenvalue weighted by molar-refractivity contribution is 7.79. The van der Waals surface area contributed by atoms with E-state index in [1.54, 1.807) is 0 Å². The SMILES string of the molecule is Cc1cc(C(C)(C)C)cc(C(C)(C)C)c1OCCNC(=O)CP(=O)(c1ccccc1)c1ccccc1. The van der Waals surface area contributed by atoms with Gasteiger partial charge in [-0.2, -0.15) is 0 Å². The Morgan fingerprint density at radius 1 is 0.833 bits per heavy atom. The van der Waals surface area contributed by atoms with Gasteiger partial charge in [-0.15, -0.1) is 0 Å². The van der Waals surface area contributed by atoms with Gasteiger partial charge in [0, 0.05) is 16.2 Å². The lowest BCUT2D eigenvalue weighted by Gasteiger charge is -2.29. The largest absolute Gasteiger partial charge is 0.491 e. The van der Waals surface area contributed by atoms with E-state index >= 15 is 0 Å². The van der Waals surface area contributed by atoms with Gasteiger partial charge in [0.05, 0.1) is 12.7 Å². The summed E-state index contributed by atoms with van der Waals surface area (Å²) in [6.45, 7) is 16.0. The van der Waals surface area contributed by atoms with Gasteiger partial charge in [-0.05, 0) is 28.9 Å². The molecular weight excluding hydrogens is 465 g/mol. The van der Waals surface area contributed by atoms with Crippen LogP contribution in [0, 0.1) is 6.92 Å². The van der Waals surface area contributed by atoms with Crippen molar-refractivity contribution >= 4 is 23.7 Å². The number of nitrogens with one attached hydrogen (secondary N) is 1. The summed E-state index contributed by atoms with van der Waals surface area (Å²) in [4.78, 5) is 12.9. The number of hydrogen-bond donors (Lipinski definition) is 1. The van der Waals surface area contributed by atoms with Gasteiger partial charge in [0.15, 0.2) is 7.14 Å². The first-order chi connectivity index (χ1) is 16.8. The summed E-state index contributed by atoms with van der Waals surface area (Å²) in [5, 5.41) is 4.30. The number of rotatable bonds is 8. The molecule has 0 aliphatic carbocycles. The third-order valence-corrected chi connectivity index (χ3v) is 9.33. The summed E-state index contributed by atoms with van der Waals surface area (Å²) in [6.07, 6.45) is -0.0758. The second kappa shape index (κ2) is 11.0. The number of aryl methyl sites for hydroxylation is 1. The van der Waals surface area contributed by atoms with Crippen molar-refractivity contribution in [3.63, 3.8) is 0 Å². The van der Waals surface area contributed by atoms with Crippen molar-refractivity contribution in [1.82, 2.24) is 5.32 Å². The van der Waals surface area contributed by atoms with Gasteiger partial charge >= 0.3 is 0 Å². The van der Waals surface area contributed by atoms with Crippen LogP contribution >= 0.6 is 7.14 Å². The first-order valence-corrected chi connectivity index (χ1v) is 14.5. The van der Waals surface area contributed by atoms with E-state index in [2.05, 4.69) is 65.9 Å². The molecule has 3 aromatic carbocycles. The van der Waals surface area contributed by atoms with Crippen molar-refractivity contribution in [1.29, 1.82) is 0 Å². The Hall–Kier alpha value is -2.84. The third-order valence-electron chi connectivity index (χ3n) is 6.33. The predicted octanol–water partition coefficient (Wildman–Crippen LogP) is 6.10. The van der Waals surface area contributed by atoms with E-state index in [4.69, 9.17) is 4.74 Å². The van der Waals surface area contributed by atoms with Crippen molar-refractivity contribution < 1.29 is 14.1 Å². The molecule has 5 heteroatoms. The minimum absolute atomic E-state index is 0.0444. The maximum atomic E-state index is 14.1. The van der Waals surface area contributed by atoms with Gasteiger partial charge in [0.1, 0.15) is 12.4 Å². The standard InChI is InChI=1S/C31H40NO3P/c1-23-20-24(30(2,3)4)21-27(31(5,6)7)29(23)35-19-18-32-28(33)22-36(34,25-14-10-8-11-15-25)26-16-12-9-13-17-26/h8-17,20-21H,18-19,22H2,1-7H3,(H,32,33). The highest BCUT2D eigenvalue weighted by Gasteiger charge is 2.30. The monoisotopic (exact) mass is 505 g/mol. The zero-order chi connectivity index (χ0) is 26.6. The average Bonchev–Trinajstić information content (AvgIpc) is 2.82. The molecular formula is C31H40NO3P. The van der Waals surface area contributed by atoms with Gasteiger partial charge in [0.2, 0.25) is 5.91 Å². The molecule has 0 aromatic heterocycles. The summed E-state index contributed by atoms with van der Waals surface area (Å²) in [5.41, 5.74) is 3.50. The van der Waals surface area contributed by atoms with E-state index in [1.165, 1.54) is 5.56 Å². The lowest BCUT2D eigenvalue weighted by atomic mass is 9.79. The molecule has 4 nitrogen and oxygen atoms in total. The summed E-state index contributed by atoms with van der Waals surface area (Å²) < 4.78 is 20.3. The Balaban J connectivity index is 1.71. The van der Waals surface area contributed by atoms with Crippen molar-refractivity contribution in [2.45, 2.75) is 59.3 Å². The number of ether oxygens (including phenoxy) is 1. The molecule has 0 fully saturated rings. The predicted molar refractivity (Wildman–Crippen MR) is 152 cm³/mol. The van der Waals surface area contributed by atoms with E-state index in [1.807, 2.05) is 60.7 Å². The molecule has 0 unspecified atom stereocenters. The quantitative estimate of drug-likeness (QED) is 0.297. The van der Waals surface area contributed by atoms with Crippen molar-refractivity contribution in [3.8, 4) is 5.75 Å². The van der Waals surface area contributed by atoms with Crippen molar-refractivity contribution in [2.75, 3.05) is 19.3 Å². The van der Waals surface area contributed by atoms with Gasteiger partial charge in [-0.3, -0.25) is 4.79 Å². The van der Waals surface area contributed by atoms with Crippen LogP contribution in [0.3, 0.4) is 0 Å². The maximum Gasteiger partial charge on any atom is 0.228 e. The molecule has 0 aliphatic heterocycles. The minimum atomic E-state index is -3.10. The Labute approximate surface area is 216 Å². The van der Waals surface area contributed by atoms with Gasteiger partial charge in [-0.1, -0.05) is 114 Å². The smallest absolute Gasteiger partial charge is 0.228 e. The third kappa shape index (κ3) is 6.68. The highest BCUT2D eigenvalue weighted by Crippen LogP contribution is 2.43. The van der Waals surface area contributed by atoms with Gasteiger partial charge < -0.3 is 14.6 Å². The van der Waals surface area contributed by atoms with Crippen LogP contribution in [0.5, 0.6) is 5.75 Å². The number of carbonyl (C=O) groups is 1. The maximum absolute atomic E-state index is 14.1. The van der Waals surface area contributed by atoms with Crippen LogP contribution in [-0.2, 0) is 20.2 Å². The van der Waals surface area contributed by atoms with E-state index in [-0.39, 0.29) is 22.9 Å². The molecule has 0 atom stereocenters. The van der Waals surface area contributed by atoms with Crippen molar-refractivity contribution in [2.24, 2.45) is 0 Å². The van der Waals surface area contributed by atoms with Gasteiger partial charge in [-0.25, -0.2) is 0 Å². The second-order valence-electron chi connectivity index (χ2n) is 11.4. The molecule has 192 valence electrons. The molecule has 3 rings (SSSR count). The lowest BCUT2D eigenvalue weighted by Crippen LogP contribution is -2.33. The fourth-order valence-electron chi connectivity index (χ4n) is 4.23. The zero-order valence-corrected chi connectivity index (χ0v) is 23.6. The zero-order valence-electron chi connectivity index (χ0n) is 22.7. The first-order valence-electron chi connectivity index (χ1n) is 12.6. The fourth-order valence-corrected chi connectivity index (χ4v) is 6.71. The number of amides is 1. The molecule has 36 heavy (non-hydrogen) atoms. The van der Waals surface area contributed by atoms with Crippen molar-refractivity contribution in [3.05, 3.63) is 89.5 Å². The fraction of sp³-hybridized carbons (Fsp3) is 0.387. The molecule has 0 spiro atoms. The van der Waals surface area contributed by atoms with Gasteiger partial charge in [0.25, 0.3) is 0 Å². The number of benzene rings is 3. The van der Waals surface area contributed by atoms with Crippen LogP contribution in [0.1, 0.15) is 58.2 Å². The molecule has 0 heterocycles. The topological polar surface area (TPSA) is 55.4 Å². The molecule has 0 radical (unpaired) electrons. The highest BCUT2D eigenvalue weighted by atomic mass is 31.2. The van der Waals surface area contributed by atoms with E-state index in [0.717, 1.165) is 16.9 Å². The van der Waals surface area contributed by atoms with Crippen LogP contribution in [0.4, 0.5) is 0 Å². The normalized spacial score (nSPS) is 12.3. The molecule has 0 aliphatic rings. The first kappa shape index (κ1) is 27.7. The molecule has 0 saturated heterocycles. The summed E-state index contributed by atoms with van der Waals surface area (Å²) in [6, 6.07) is 23.0. The van der Waals surface area contributed by atoms with Crippen LogP contribution < -0.4 is 20.7 Å². The van der Waals surface area contributed by atoms with E-state index in [9.17, 15) is 9.36 Å². The minimum Gasteiger partial charge on any atom is -0.491 e. The number of carbonyl (C=O) groups excluding carboxylic acids is 1. The molecule has 1 amide bonds. The number of hydrogen-bond acceptors (Lipinski definition) is 3. The Morgan fingerprint density at radius 3 is 1.83 bits per heavy atom. The van der Waals surface area contributed by atoms with Crippen LogP contribution in [-0.4, -0.2) is 25.2 Å². The van der Waals surface area contributed by atoms with Crippen LogP contribution in [0.15, 0.2) is 72.8 Å². The lowest BCUT2D eigenvalue weighted by molar-refractivity contribution is -0.118. The van der Waals surface area contributed by atoms with E-state index in [0.29, 0.717) is 23.8 Å². The Morgan fingerprint density at radius 2 is 1.36 bits per heavy atom. The summed E-state index contributed by atoms with van der Waals surface area (Å²) >= 11 is 0. The molecule has 1 N–H and O–H groups in total. The second-order valence-corrected chi connectivity index (χ2v) is 14.3. The molecule has 3 aromatic rings. The summed E-state index contributed by atoms with van der Waals surface area (Å²) in [5.74, 6) is 0.634. The Kier molecular flexibility index (Phi) is 8.52. The van der Waals surface area contributed by atoms with E-state index < -0.39 is 7.14 Å². The molecule has 0 bridgehead atoms. The van der Waals surface area contributed by atoms with Crippen LogP contribution in [0.2, 0.25) is 0 Å². The Bertz CT molecular complexity index is 1180. The average molecular weight is 506 g/mol. The molecule has 0 saturated carbocycles. The van der Waals surface area contributed by atoms with Crippen LogP contribution in [0.25, 0.3) is 0 Å².